The molecule has 37 heavy (non-hydrogen) atoms. The molecule has 3 aromatic rings. The molecule has 1 atom stereocenters. The molecule has 0 radical (unpaired) electrons. The Hall–Kier alpha value is -3.90. The van der Waals surface area contributed by atoms with Gasteiger partial charge >= 0.3 is 6.09 Å². The number of carboxylic acid groups (broad SMARTS) is 1. The molecule has 0 aliphatic carbocycles. The fourth-order valence-corrected chi connectivity index (χ4v) is 5.47. The van der Waals surface area contributed by atoms with Crippen molar-refractivity contribution in [3.63, 3.8) is 0 Å². The summed E-state index contributed by atoms with van der Waals surface area (Å²) >= 11 is 0. The number of amides is 1. The Labute approximate surface area is 217 Å². The highest BCUT2D eigenvalue weighted by atomic mass is 16.5. The van der Waals surface area contributed by atoms with Crippen molar-refractivity contribution in [1.29, 1.82) is 0 Å². The number of carbonyl (C=O) groups excluding carboxylic acids is 1. The van der Waals surface area contributed by atoms with Crippen LogP contribution >= 0.6 is 0 Å². The molecule has 6 rings (SSSR count). The van der Waals surface area contributed by atoms with Crippen LogP contribution in [0, 0.1) is 5.92 Å². The number of benzene rings is 3. The maximum atomic E-state index is 12.7. The zero-order valence-electron chi connectivity index (χ0n) is 20.8. The summed E-state index contributed by atoms with van der Waals surface area (Å²) in [5, 5.41) is 10.4. The Bertz CT molecular complexity index is 1250. The summed E-state index contributed by atoms with van der Waals surface area (Å²) in [5.41, 5.74) is 4.26. The lowest BCUT2D eigenvalue weighted by Crippen LogP contribution is -2.59. The molecule has 1 amide bonds. The summed E-state index contributed by atoms with van der Waals surface area (Å²) in [6.45, 7) is 3.42. The Morgan fingerprint density at radius 2 is 1.73 bits per heavy atom. The third-order valence-corrected chi connectivity index (χ3v) is 7.41. The van der Waals surface area contributed by atoms with Crippen LogP contribution in [0.15, 0.2) is 78.9 Å². The van der Waals surface area contributed by atoms with Gasteiger partial charge in [0.1, 0.15) is 12.0 Å². The average molecular weight is 497 g/mol. The van der Waals surface area contributed by atoms with Gasteiger partial charge in [-0.05, 0) is 79.7 Å². The fourth-order valence-electron chi connectivity index (χ4n) is 5.47. The minimum Gasteiger partial charge on any atom is -0.493 e. The van der Waals surface area contributed by atoms with Crippen LogP contribution in [0.4, 0.5) is 10.5 Å². The molecule has 6 heteroatoms. The molecule has 0 spiro atoms. The van der Waals surface area contributed by atoms with E-state index in [0.29, 0.717) is 24.5 Å². The van der Waals surface area contributed by atoms with Crippen molar-refractivity contribution in [3.8, 4) is 16.9 Å². The molecule has 190 valence electrons. The van der Waals surface area contributed by atoms with Gasteiger partial charge in [-0.3, -0.25) is 9.69 Å². The molecule has 1 N–H and O–H groups in total. The first-order valence-electron chi connectivity index (χ1n) is 12.9. The highest BCUT2D eigenvalue weighted by Crippen LogP contribution is 2.38. The largest absolute Gasteiger partial charge is 0.493 e. The number of anilines is 1. The lowest BCUT2D eigenvalue weighted by Gasteiger charge is -2.48. The Morgan fingerprint density at radius 3 is 2.38 bits per heavy atom. The van der Waals surface area contributed by atoms with Crippen molar-refractivity contribution >= 4 is 24.1 Å². The molecule has 0 unspecified atom stereocenters. The monoisotopic (exact) mass is 496 g/mol. The molecule has 3 aromatic carbocycles. The van der Waals surface area contributed by atoms with Crippen molar-refractivity contribution in [1.82, 2.24) is 4.90 Å². The SMILES string of the molecule is O=Cc1ccc(OCC/C=C/c2ccc(-c3ccccc3)c(N(C(=O)O)[C@H]3CN4CCC3CC4)c2)cc1. The van der Waals surface area contributed by atoms with Crippen LogP contribution in [0.5, 0.6) is 5.75 Å². The number of rotatable bonds is 9. The van der Waals surface area contributed by atoms with Crippen molar-refractivity contribution in [2.45, 2.75) is 25.3 Å². The number of fused-ring (bicyclic) bond motifs is 3. The highest BCUT2D eigenvalue weighted by molar-refractivity contribution is 5.94. The van der Waals surface area contributed by atoms with E-state index in [1.807, 2.05) is 60.7 Å². The maximum absolute atomic E-state index is 12.7. The molecular formula is C31H32N2O4. The van der Waals surface area contributed by atoms with Gasteiger partial charge in [-0.25, -0.2) is 4.79 Å². The molecule has 3 aliphatic rings. The van der Waals surface area contributed by atoms with Crippen LogP contribution < -0.4 is 9.64 Å². The van der Waals surface area contributed by atoms with Crippen LogP contribution in [0.25, 0.3) is 17.2 Å². The first kappa shape index (κ1) is 24.8. The number of carbonyl (C=O) groups is 2. The minimum absolute atomic E-state index is 0.0410. The standard InChI is InChI=1S/C31H32N2O4/c34-22-24-9-12-27(13-10-24)37-19-5-4-6-23-11-14-28(25-7-2-1-3-8-25)29(20-23)33(31(35)36)30-21-32-17-15-26(30)16-18-32/h1-4,6-14,20,22,26,30H,5,15-19,21H2,(H,35,36)/b6-4+/t30-/m0/s1. The van der Waals surface area contributed by atoms with Crippen LogP contribution in [0.3, 0.4) is 0 Å². The summed E-state index contributed by atoms with van der Waals surface area (Å²) in [5.74, 6) is 1.12. The summed E-state index contributed by atoms with van der Waals surface area (Å²) < 4.78 is 5.76. The smallest absolute Gasteiger partial charge is 0.412 e. The number of piperidine rings is 3. The van der Waals surface area contributed by atoms with Crippen molar-refractivity contribution in [2.75, 3.05) is 31.1 Å². The third kappa shape index (κ3) is 5.75. The van der Waals surface area contributed by atoms with E-state index in [-0.39, 0.29) is 6.04 Å². The van der Waals surface area contributed by atoms with Crippen LogP contribution in [0.2, 0.25) is 0 Å². The topological polar surface area (TPSA) is 70.1 Å². The molecule has 2 bridgehead atoms. The van der Waals surface area contributed by atoms with Gasteiger partial charge in [-0.1, -0.05) is 54.6 Å². The van der Waals surface area contributed by atoms with Crippen LogP contribution in [0.1, 0.15) is 35.2 Å². The van der Waals surface area contributed by atoms with Gasteiger partial charge in [0.25, 0.3) is 0 Å². The van der Waals surface area contributed by atoms with Gasteiger partial charge in [0, 0.05) is 17.7 Å². The predicted octanol–water partition coefficient (Wildman–Crippen LogP) is 6.23. The van der Waals surface area contributed by atoms with E-state index in [0.717, 1.165) is 66.9 Å². The number of ether oxygens (including phenoxy) is 1. The first-order valence-corrected chi connectivity index (χ1v) is 12.9. The Morgan fingerprint density at radius 1 is 1.00 bits per heavy atom. The van der Waals surface area contributed by atoms with E-state index in [1.165, 1.54) is 0 Å². The second kappa shape index (κ2) is 11.4. The van der Waals surface area contributed by atoms with Gasteiger partial charge < -0.3 is 14.7 Å². The lowest BCUT2D eigenvalue weighted by atomic mass is 9.82. The van der Waals surface area contributed by atoms with Gasteiger partial charge in [0.05, 0.1) is 18.3 Å². The molecule has 3 saturated heterocycles. The highest BCUT2D eigenvalue weighted by Gasteiger charge is 2.40. The molecular weight excluding hydrogens is 464 g/mol. The van der Waals surface area contributed by atoms with E-state index in [9.17, 15) is 14.7 Å². The van der Waals surface area contributed by atoms with E-state index >= 15 is 0 Å². The number of hydrogen-bond donors (Lipinski definition) is 1. The summed E-state index contributed by atoms with van der Waals surface area (Å²) in [4.78, 5) is 27.5. The van der Waals surface area contributed by atoms with Gasteiger partial charge in [-0.2, -0.15) is 0 Å². The average Bonchev–Trinajstić information content (AvgIpc) is 2.94. The minimum atomic E-state index is -0.897. The number of aldehydes is 1. The van der Waals surface area contributed by atoms with Crippen molar-refractivity contribution in [3.05, 3.63) is 90.0 Å². The Kier molecular flexibility index (Phi) is 7.66. The van der Waals surface area contributed by atoms with Crippen LogP contribution in [-0.2, 0) is 0 Å². The normalized spacial score (nSPS) is 20.6. The lowest BCUT2D eigenvalue weighted by molar-refractivity contribution is 0.0838. The van der Waals surface area contributed by atoms with Crippen LogP contribution in [-0.4, -0.2) is 54.7 Å². The van der Waals surface area contributed by atoms with Gasteiger partial charge in [0.2, 0.25) is 0 Å². The second-order valence-corrected chi connectivity index (χ2v) is 9.73. The number of nitrogens with zero attached hydrogens (tertiary/aromatic N) is 2. The molecule has 3 fully saturated rings. The van der Waals surface area contributed by atoms with E-state index in [1.54, 1.807) is 29.2 Å². The molecule has 3 aliphatic heterocycles. The van der Waals surface area contributed by atoms with Crippen molar-refractivity contribution < 1.29 is 19.4 Å². The van der Waals surface area contributed by atoms with E-state index in [4.69, 9.17) is 4.74 Å². The predicted molar refractivity (Wildman–Crippen MR) is 146 cm³/mol. The molecule has 0 saturated carbocycles. The molecule has 6 nitrogen and oxygen atoms in total. The Balaban J connectivity index is 1.37. The molecule has 0 aromatic heterocycles. The fraction of sp³-hybridized carbons (Fsp3) is 0.290. The second-order valence-electron chi connectivity index (χ2n) is 9.73. The molecule has 3 heterocycles. The van der Waals surface area contributed by atoms with Gasteiger partial charge in [-0.15, -0.1) is 0 Å². The maximum Gasteiger partial charge on any atom is 0.412 e. The van der Waals surface area contributed by atoms with Crippen molar-refractivity contribution in [2.24, 2.45) is 5.92 Å². The summed E-state index contributed by atoms with van der Waals surface area (Å²) in [6.07, 6.45) is 6.78. The van der Waals surface area contributed by atoms with E-state index in [2.05, 4.69) is 4.90 Å². The van der Waals surface area contributed by atoms with E-state index < -0.39 is 6.09 Å². The summed E-state index contributed by atoms with van der Waals surface area (Å²) in [6, 6.07) is 23.1. The zero-order valence-corrected chi connectivity index (χ0v) is 20.8. The quantitative estimate of drug-likeness (QED) is 0.281. The third-order valence-electron chi connectivity index (χ3n) is 7.41. The van der Waals surface area contributed by atoms with Gasteiger partial charge in [0.15, 0.2) is 0 Å². The number of hydrogen-bond acceptors (Lipinski definition) is 4. The zero-order chi connectivity index (χ0) is 25.6. The first-order chi connectivity index (χ1) is 18.1. The summed E-state index contributed by atoms with van der Waals surface area (Å²) in [7, 11) is 0.